The molecule has 0 fully saturated rings. The highest BCUT2D eigenvalue weighted by molar-refractivity contribution is 6.26. The van der Waals surface area contributed by atoms with Gasteiger partial charge in [0, 0.05) is 14.2 Å². The number of alkyl halides is 2. The van der Waals surface area contributed by atoms with Crippen LogP contribution in [0.25, 0.3) is 10.8 Å². The van der Waals surface area contributed by atoms with E-state index in [-0.39, 0.29) is 13.2 Å². The van der Waals surface area contributed by atoms with Crippen LogP contribution in [0.3, 0.4) is 0 Å². The van der Waals surface area contributed by atoms with Crippen LogP contribution in [0.2, 0.25) is 0 Å². The van der Waals surface area contributed by atoms with Crippen molar-refractivity contribution >= 4 is 34.0 Å². The lowest BCUT2D eigenvalue weighted by Crippen LogP contribution is -2.38. The van der Waals surface area contributed by atoms with Crippen LogP contribution in [0, 0.1) is 0 Å². The van der Waals surface area contributed by atoms with Crippen molar-refractivity contribution in [3.63, 3.8) is 0 Å². The van der Waals surface area contributed by atoms with Gasteiger partial charge in [-0.25, -0.2) is 0 Å². The van der Waals surface area contributed by atoms with E-state index in [2.05, 4.69) is 10.2 Å². The van der Waals surface area contributed by atoms with E-state index in [9.17, 15) is 0 Å². The number of hydrogen-bond acceptors (Lipinski definition) is 6. The number of rotatable bonds is 2. The van der Waals surface area contributed by atoms with Crippen molar-refractivity contribution in [1.29, 1.82) is 0 Å². The predicted octanol–water partition coefficient (Wildman–Crippen LogP) is 2.49. The minimum atomic E-state index is -1.20. The number of benzene rings is 1. The maximum Gasteiger partial charge on any atom is 0.220 e. The van der Waals surface area contributed by atoms with Gasteiger partial charge in [-0.05, 0) is 12.1 Å². The molecule has 2 aliphatic heterocycles. The fourth-order valence-corrected chi connectivity index (χ4v) is 3.16. The Morgan fingerprint density at radius 1 is 0.909 bits per heavy atom. The van der Waals surface area contributed by atoms with Crippen LogP contribution in [-0.2, 0) is 19.6 Å². The summed E-state index contributed by atoms with van der Waals surface area (Å²) in [6.07, 6.45) is 0. The summed E-state index contributed by atoms with van der Waals surface area (Å²) in [5, 5.41) is 7.47. The Morgan fingerprint density at radius 3 is 1.68 bits per heavy atom. The SMILES string of the molecule is COC1(Cl)COc2ccc3c4c(nnc1c24)C(Cl)(OC)CO3. The third-order valence-electron chi connectivity index (χ3n) is 4.03. The second-order valence-corrected chi connectivity index (χ2v) is 6.37. The van der Waals surface area contributed by atoms with Crippen LogP contribution >= 0.6 is 23.2 Å². The fourth-order valence-electron chi connectivity index (χ4n) is 2.79. The van der Waals surface area contributed by atoms with Crippen LogP contribution in [0.4, 0.5) is 0 Å². The predicted molar refractivity (Wildman–Crippen MR) is 79.6 cm³/mol. The van der Waals surface area contributed by atoms with Gasteiger partial charge in [0.15, 0.2) is 0 Å². The van der Waals surface area contributed by atoms with E-state index in [0.29, 0.717) is 33.7 Å². The van der Waals surface area contributed by atoms with E-state index < -0.39 is 10.1 Å². The third-order valence-corrected chi connectivity index (χ3v) is 4.92. The minimum absolute atomic E-state index is 0.137. The normalized spacial score (nSPS) is 29.1. The van der Waals surface area contributed by atoms with Crippen molar-refractivity contribution in [3.05, 3.63) is 23.5 Å². The summed E-state index contributed by atoms with van der Waals surface area (Å²) in [6, 6.07) is 3.62. The van der Waals surface area contributed by atoms with E-state index in [1.165, 1.54) is 14.2 Å². The fraction of sp³-hybridized carbons (Fsp3) is 0.429. The summed E-state index contributed by atoms with van der Waals surface area (Å²) in [7, 11) is 2.99. The Balaban J connectivity index is 2.12. The first-order valence-corrected chi connectivity index (χ1v) is 7.36. The highest BCUT2D eigenvalue weighted by atomic mass is 35.5. The van der Waals surface area contributed by atoms with Gasteiger partial charge in [0.2, 0.25) is 10.1 Å². The summed E-state index contributed by atoms with van der Waals surface area (Å²) < 4.78 is 22.2. The summed E-state index contributed by atoms with van der Waals surface area (Å²) in [4.78, 5) is 0. The monoisotopic (exact) mass is 342 g/mol. The molecule has 1 aromatic carbocycles. The summed E-state index contributed by atoms with van der Waals surface area (Å²) in [6.45, 7) is 0.273. The Kier molecular flexibility index (Phi) is 2.97. The molecule has 0 spiro atoms. The van der Waals surface area contributed by atoms with Crippen LogP contribution in [0.1, 0.15) is 11.4 Å². The number of halogens is 2. The van der Waals surface area contributed by atoms with Crippen molar-refractivity contribution in [2.45, 2.75) is 10.1 Å². The van der Waals surface area contributed by atoms with Crippen LogP contribution < -0.4 is 9.47 Å². The molecule has 8 heteroatoms. The Morgan fingerprint density at radius 2 is 1.32 bits per heavy atom. The molecule has 0 bridgehead atoms. The standard InChI is InChI=1S/C14H12Cl2N2O4/c1-19-13(15)5-21-7-3-4-8-10-9(7)11(13)17-18-12(10)14(16,20-2)6-22-8/h3-4H,5-6H2,1-2H3. The van der Waals surface area contributed by atoms with Gasteiger partial charge in [-0.15, -0.1) is 10.2 Å². The number of aromatic nitrogens is 2. The molecule has 22 heavy (non-hydrogen) atoms. The molecule has 6 nitrogen and oxygen atoms in total. The van der Waals surface area contributed by atoms with Gasteiger partial charge in [-0.2, -0.15) is 0 Å². The maximum atomic E-state index is 6.47. The number of nitrogens with zero attached hydrogens (tertiary/aromatic N) is 2. The summed E-state index contributed by atoms with van der Waals surface area (Å²) in [5.74, 6) is 1.28. The summed E-state index contributed by atoms with van der Waals surface area (Å²) >= 11 is 12.9. The Bertz CT molecular complexity index is 723. The zero-order valence-corrected chi connectivity index (χ0v) is 13.4. The third kappa shape index (κ3) is 1.69. The molecule has 0 radical (unpaired) electrons. The lowest BCUT2D eigenvalue weighted by molar-refractivity contribution is 0.00604. The lowest BCUT2D eigenvalue weighted by Gasteiger charge is -2.35. The highest BCUT2D eigenvalue weighted by Gasteiger charge is 2.45. The van der Waals surface area contributed by atoms with Crippen molar-refractivity contribution in [3.8, 4) is 11.5 Å². The molecule has 2 unspecified atom stereocenters. The smallest absolute Gasteiger partial charge is 0.220 e. The molecule has 3 heterocycles. The number of ether oxygens (including phenoxy) is 4. The van der Waals surface area contributed by atoms with Crippen molar-refractivity contribution in [1.82, 2.24) is 10.2 Å². The van der Waals surface area contributed by atoms with Crippen LogP contribution in [-0.4, -0.2) is 37.6 Å². The minimum Gasteiger partial charge on any atom is -0.488 e. The molecule has 0 aliphatic carbocycles. The Hall–Kier alpha value is -1.34. The molecular weight excluding hydrogens is 331 g/mol. The van der Waals surface area contributed by atoms with Crippen molar-refractivity contribution < 1.29 is 18.9 Å². The van der Waals surface area contributed by atoms with Gasteiger partial charge in [0.1, 0.15) is 36.1 Å². The lowest BCUT2D eigenvalue weighted by atomic mass is 9.98. The Labute approximate surface area is 136 Å². The average Bonchev–Trinajstić information content (AvgIpc) is 2.56. The molecule has 2 aromatic rings. The van der Waals surface area contributed by atoms with E-state index in [1.54, 1.807) is 0 Å². The molecule has 0 amide bonds. The second-order valence-electron chi connectivity index (χ2n) is 5.15. The molecule has 2 aliphatic rings. The topological polar surface area (TPSA) is 62.7 Å². The first-order valence-electron chi connectivity index (χ1n) is 6.60. The molecule has 116 valence electrons. The first-order chi connectivity index (χ1) is 10.5. The van der Waals surface area contributed by atoms with Crippen molar-refractivity contribution in [2.24, 2.45) is 0 Å². The van der Waals surface area contributed by atoms with Gasteiger partial charge in [-0.1, -0.05) is 23.2 Å². The maximum absolute atomic E-state index is 6.47. The molecule has 0 N–H and O–H groups in total. The first kappa shape index (κ1) is 14.3. The zero-order valence-electron chi connectivity index (χ0n) is 11.9. The molecular formula is C14H12Cl2N2O4. The van der Waals surface area contributed by atoms with Crippen LogP contribution in [0.15, 0.2) is 12.1 Å². The van der Waals surface area contributed by atoms with Crippen molar-refractivity contribution in [2.75, 3.05) is 27.4 Å². The van der Waals surface area contributed by atoms with Gasteiger partial charge >= 0.3 is 0 Å². The second kappa shape index (κ2) is 4.58. The van der Waals surface area contributed by atoms with E-state index in [0.717, 1.165) is 0 Å². The largest absolute Gasteiger partial charge is 0.488 e. The molecule has 0 saturated heterocycles. The van der Waals surface area contributed by atoms with Crippen LogP contribution in [0.5, 0.6) is 11.5 Å². The van der Waals surface area contributed by atoms with E-state index in [4.69, 9.17) is 42.1 Å². The average molecular weight is 343 g/mol. The zero-order chi connectivity index (χ0) is 15.5. The highest BCUT2D eigenvalue weighted by Crippen LogP contribution is 2.50. The molecule has 2 atom stereocenters. The summed E-state index contributed by atoms with van der Waals surface area (Å²) in [5.41, 5.74) is 0.971. The van der Waals surface area contributed by atoms with Gasteiger partial charge in [0.25, 0.3) is 0 Å². The van der Waals surface area contributed by atoms with Gasteiger partial charge < -0.3 is 18.9 Å². The van der Waals surface area contributed by atoms with E-state index in [1.807, 2.05) is 12.1 Å². The molecule has 1 aromatic heterocycles. The molecule has 0 saturated carbocycles. The van der Waals surface area contributed by atoms with E-state index >= 15 is 0 Å². The quantitative estimate of drug-likeness (QED) is 0.781. The van der Waals surface area contributed by atoms with Gasteiger partial charge in [-0.3, -0.25) is 0 Å². The van der Waals surface area contributed by atoms with Gasteiger partial charge in [0.05, 0.1) is 10.8 Å². The number of methoxy groups -OCH3 is 2. The molecule has 4 rings (SSSR count). The number of hydrogen-bond donors (Lipinski definition) is 0.